The number of nitrogens with one attached hydrogen (secondary N) is 2. The van der Waals surface area contributed by atoms with Gasteiger partial charge in [0.15, 0.2) is 17.4 Å². The molecule has 3 aromatic heterocycles. The van der Waals surface area contributed by atoms with Crippen LogP contribution in [0.3, 0.4) is 0 Å². The molecule has 6 nitrogen and oxygen atoms in total. The summed E-state index contributed by atoms with van der Waals surface area (Å²) < 4.78 is 1.96. The maximum absolute atomic E-state index is 4.23. The lowest BCUT2D eigenvalue weighted by Gasteiger charge is -2.10. The Hall–Kier alpha value is -1.68. The van der Waals surface area contributed by atoms with Gasteiger partial charge in [0, 0.05) is 24.7 Å². The van der Waals surface area contributed by atoms with E-state index in [2.05, 4.69) is 43.3 Å². The first kappa shape index (κ1) is 17.7. The minimum Gasteiger partial charge on any atom is -0.356 e. The molecule has 0 atom stereocenters. The van der Waals surface area contributed by atoms with Gasteiger partial charge in [-0.15, -0.1) is 45.5 Å². The Morgan fingerprint density at radius 2 is 2.13 bits per heavy atom. The number of guanidine groups is 1. The van der Waals surface area contributed by atoms with Gasteiger partial charge in [0.25, 0.3) is 0 Å². The number of thiophene rings is 1. The van der Waals surface area contributed by atoms with Gasteiger partial charge < -0.3 is 10.6 Å². The van der Waals surface area contributed by atoms with E-state index in [0.29, 0.717) is 6.54 Å². The Balaban J connectivity index is 0.00000192. The highest BCUT2D eigenvalue weighted by atomic mass is 127. The summed E-state index contributed by atoms with van der Waals surface area (Å²) in [5.74, 6) is 1.63. The van der Waals surface area contributed by atoms with Gasteiger partial charge in [-0.3, -0.25) is 9.39 Å². The van der Waals surface area contributed by atoms with E-state index in [1.807, 2.05) is 28.8 Å². The Morgan fingerprint density at radius 1 is 1.22 bits per heavy atom. The fourth-order valence-electron chi connectivity index (χ4n) is 2.15. The number of rotatable bonds is 5. The van der Waals surface area contributed by atoms with Gasteiger partial charge in [0.05, 0.1) is 6.54 Å². The van der Waals surface area contributed by atoms with Crippen LogP contribution < -0.4 is 10.6 Å². The molecule has 0 aliphatic rings. The summed E-state index contributed by atoms with van der Waals surface area (Å²) >= 11 is 1.77. The Kier molecular flexibility index (Phi) is 6.78. The zero-order valence-corrected chi connectivity index (χ0v) is 15.9. The summed E-state index contributed by atoms with van der Waals surface area (Å²) in [6.07, 6.45) is 2.95. The first-order valence-electron chi connectivity index (χ1n) is 7.12. The molecule has 0 aliphatic heterocycles. The largest absolute Gasteiger partial charge is 0.356 e. The van der Waals surface area contributed by atoms with Crippen molar-refractivity contribution < 1.29 is 0 Å². The van der Waals surface area contributed by atoms with Crippen LogP contribution in [-0.4, -0.2) is 34.2 Å². The minimum absolute atomic E-state index is 0. The fraction of sp³-hybridized carbons (Fsp3) is 0.267. The quantitative estimate of drug-likeness (QED) is 0.362. The molecule has 3 aromatic rings. The molecule has 0 aliphatic carbocycles. The van der Waals surface area contributed by atoms with Crippen LogP contribution in [0.5, 0.6) is 0 Å². The highest BCUT2D eigenvalue weighted by Gasteiger charge is 2.05. The van der Waals surface area contributed by atoms with Crippen molar-refractivity contribution >= 4 is 46.9 Å². The monoisotopic (exact) mass is 442 g/mol. The normalized spacial score (nSPS) is 11.3. The van der Waals surface area contributed by atoms with Crippen LogP contribution in [0, 0.1) is 0 Å². The SMILES string of the molecule is CN=C(NCCc1cccs1)NCc1nnc2ccccn12.I. The van der Waals surface area contributed by atoms with E-state index < -0.39 is 0 Å². The third-order valence-electron chi connectivity index (χ3n) is 3.27. The summed E-state index contributed by atoms with van der Waals surface area (Å²) in [5, 5.41) is 17.0. The summed E-state index contributed by atoms with van der Waals surface area (Å²) in [6.45, 7) is 1.42. The fourth-order valence-corrected chi connectivity index (χ4v) is 2.86. The maximum Gasteiger partial charge on any atom is 0.191 e. The van der Waals surface area contributed by atoms with E-state index >= 15 is 0 Å². The molecule has 0 bridgehead atoms. The molecule has 23 heavy (non-hydrogen) atoms. The lowest BCUT2D eigenvalue weighted by atomic mass is 10.3. The van der Waals surface area contributed by atoms with Gasteiger partial charge in [-0.2, -0.15) is 0 Å². The number of aliphatic imine (C=N–C) groups is 1. The number of fused-ring (bicyclic) bond motifs is 1. The number of halogens is 1. The molecule has 0 saturated heterocycles. The summed E-state index contributed by atoms with van der Waals surface area (Å²) in [7, 11) is 1.77. The maximum atomic E-state index is 4.23. The van der Waals surface area contributed by atoms with Gasteiger partial charge in [-0.05, 0) is 30.0 Å². The van der Waals surface area contributed by atoms with Crippen LogP contribution in [0.1, 0.15) is 10.7 Å². The summed E-state index contributed by atoms with van der Waals surface area (Å²) in [6, 6.07) is 10.1. The number of nitrogens with zero attached hydrogens (tertiary/aromatic N) is 4. The lowest BCUT2D eigenvalue weighted by molar-refractivity contribution is 0.759. The number of aromatic nitrogens is 3. The van der Waals surface area contributed by atoms with Gasteiger partial charge in [0.2, 0.25) is 0 Å². The molecule has 122 valence electrons. The van der Waals surface area contributed by atoms with E-state index in [1.165, 1.54) is 4.88 Å². The van der Waals surface area contributed by atoms with Crippen molar-refractivity contribution in [3.8, 4) is 0 Å². The van der Waals surface area contributed by atoms with Gasteiger partial charge in [-0.1, -0.05) is 12.1 Å². The molecule has 3 heterocycles. The topological polar surface area (TPSA) is 66.6 Å². The molecule has 0 spiro atoms. The zero-order chi connectivity index (χ0) is 15.2. The van der Waals surface area contributed by atoms with Crippen LogP contribution in [0.25, 0.3) is 5.65 Å². The van der Waals surface area contributed by atoms with Crippen LogP contribution in [0.2, 0.25) is 0 Å². The predicted octanol–water partition coefficient (Wildman–Crippen LogP) is 2.32. The van der Waals surface area contributed by atoms with Gasteiger partial charge >= 0.3 is 0 Å². The predicted molar refractivity (Wildman–Crippen MR) is 105 cm³/mol. The smallest absolute Gasteiger partial charge is 0.191 e. The Labute approximate surface area is 156 Å². The first-order chi connectivity index (χ1) is 10.9. The summed E-state index contributed by atoms with van der Waals surface area (Å²) in [5.41, 5.74) is 0.847. The van der Waals surface area contributed by atoms with Gasteiger partial charge in [0.1, 0.15) is 0 Å². The van der Waals surface area contributed by atoms with Crippen molar-refractivity contribution in [3.05, 3.63) is 52.6 Å². The number of hydrogen-bond acceptors (Lipinski definition) is 4. The molecular weight excluding hydrogens is 423 g/mol. The van der Waals surface area contributed by atoms with Crippen molar-refractivity contribution in [3.63, 3.8) is 0 Å². The molecular formula is C15H19IN6S. The molecule has 8 heteroatoms. The van der Waals surface area contributed by atoms with Crippen LogP contribution >= 0.6 is 35.3 Å². The van der Waals surface area contributed by atoms with Crippen LogP contribution in [0.4, 0.5) is 0 Å². The molecule has 0 fully saturated rings. The van der Waals surface area contributed by atoms with Crippen molar-refractivity contribution in [1.29, 1.82) is 0 Å². The molecule has 3 rings (SSSR count). The van der Waals surface area contributed by atoms with Crippen LogP contribution in [0.15, 0.2) is 46.9 Å². The second-order valence-electron chi connectivity index (χ2n) is 4.73. The van der Waals surface area contributed by atoms with E-state index in [9.17, 15) is 0 Å². The number of hydrogen-bond donors (Lipinski definition) is 2. The average molecular weight is 442 g/mol. The second-order valence-corrected chi connectivity index (χ2v) is 5.76. The number of pyridine rings is 1. The highest BCUT2D eigenvalue weighted by Crippen LogP contribution is 2.08. The Bertz CT molecular complexity index is 752. The van der Waals surface area contributed by atoms with Crippen molar-refractivity contribution in [2.45, 2.75) is 13.0 Å². The third kappa shape index (κ3) is 4.64. The lowest BCUT2D eigenvalue weighted by Crippen LogP contribution is -2.38. The second kappa shape index (κ2) is 8.82. The summed E-state index contributed by atoms with van der Waals surface area (Å²) in [4.78, 5) is 5.59. The standard InChI is InChI=1S/C15H18N6S.HI/c1-16-15(17-8-7-12-5-4-10-22-12)18-11-14-20-19-13-6-2-3-9-21(13)14;/h2-6,9-10H,7-8,11H2,1H3,(H2,16,17,18);1H. The molecule has 0 unspecified atom stereocenters. The third-order valence-corrected chi connectivity index (χ3v) is 4.20. The zero-order valence-electron chi connectivity index (χ0n) is 12.8. The average Bonchev–Trinajstić information content (AvgIpc) is 3.20. The van der Waals surface area contributed by atoms with Crippen molar-refractivity contribution in [2.24, 2.45) is 4.99 Å². The van der Waals surface area contributed by atoms with Crippen LogP contribution in [-0.2, 0) is 13.0 Å². The molecule has 2 N–H and O–H groups in total. The van der Waals surface area contributed by atoms with Gasteiger partial charge in [-0.25, -0.2) is 0 Å². The minimum atomic E-state index is 0. The molecule has 0 radical (unpaired) electrons. The van der Waals surface area contributed by atoms with Crippen molar-refractivity contribution in [1.82, 2.24) is 25.2 Å². The van der Waals surface area contributed by atoms with E-state index in [-0.39, 0.29) is 24.0 Å². The van der Waals surface area contributed by atoms with Crippen molar-refractivity contribution in [2.75, 3.05) is 13.6 Å². The van der Waals surface area contributed by atoms with E-state index in [4.69, 9.17) is 0 Å². The van der Waals surface area contributed by atoms with E-state index in [1.54, 1.807) is 18.4 Å². The van der Waals surface area contributed by atoms with E-state index in [0.717, 1.165) is 30.4 Å². The Morgan fingerprint density at radius 3 is 2.91 bits per heavy atom. The molecule has 0 amide bonds. The highest BCUT2D eigenvalue weighted by molar-refractivity contribution is 14.0. The molecule has 0 saturated carbocycles. The molecule has 0 aromatic carbocycles. The first-order valence-corrected chi connectivity index (χ1v) is 8.00.